The summed E-state index contributed by atoms with van der Waals surface area (Å²) in [5, 5.41) is 9.06. The minimum absolute atomic E-state index is 0.00801. The molecule has 19 heavy (non-hydrogen) atoms. The Hall–Kier alpha value is -1.34. The molecule has 1 fully saturated rings. The smallest absolute Gasteiger partial charge is 0.352 e. The van der Waals surface area contributed by atoms with Crippen molar-refractivity contribution in [2.45, 2.75) is 37.6 Å². The number of hydrogen-bond acceptors (Lipinski definition) is 3. The van der Waals surface area contributed by atoms with Crippen LogP contribution < -0.4 is 4.72 Å². The van der Waals surface area contributed by atoms with Gasteiger partial charge in [0, 0.05) is 19.3 Å². The van der Waals surface area contributed by atoms with E-state index >= 15 is 0 Å². The molecular weight excluding hydrogens is 268 g/mol. The summed E-state index contributed by atoms with van der Waals surface area (Å²) in [5.74, 6) is -0.677. The highest BCUT2D eigenvalue weighted by Crippen LogP contribution is 2.28. The van der Waals surface area contributed by atoms with Crippen LogP contribution in [-0.2, 0) is 16.6 Å². The molecule has 0 unspecified atom stereocenters. The average molecular weight is 286 g/mol. The summed E-state index contributed by atoms with van der Waals surface area (Å²) in [5.41, 5.74) is 0.00801. The van der Waals surface area contributed by atoms with E-state index in [1.54, 1.807) is 0 Å². The fourth-order valence-electron chi connectivity index (χ4n) is 1.87. The van der Waals surface area contributed by atoms with Crippen molar-refractivity contribution in [3.63, 3.8) is 0 Å². The van der Waals surface area contributed by atoms with E-state index < -0.39 is 16.0 Å². The Labute approximate surface area is 112 Å². The second kappa shape index (κ2) is 5.34. The van der Waals surface area contributed by atoms with Crippen molar-refractivity contribution in [3.8, 4) is 0 Å². The van der Waals surface area contributed by atoms with E-state index in [0.717, 1.165) is 19.3 Å². The molecule has 2 N–H and O–H groups in total. The fraction of sp³-hybridized carbons (Fsp3) is 0.583. The molecule has 1 heterocycles. The van der Waals surface area contributed by atoms with Crippen LogP contribution in [0.1, 0.15) is 36.7 Å². The molecule has 0 bridgehead atoms. The summed E-state index contributed by atoms with van der Waals surface area (Å²) in [6.45, 7) is 2.83. The topological polar surface area (TPSA) is 88.4 Å². The summed E-state index contributed by atoms with van der Waals surface area (Å²) in [7, 11) is -3.60. The number of rotatable bonds is 7. The number of aryl methyl sites for hydroxylation is 1. The second-order valence-corrected chi connectivity index (χ2v) is 6.62. The minimum atomic E-state index is -3.60. The monoisotopic (exact) mass is 286 g/mol. The lowest BCUT2D eigenvalue weighted by atomic mass is 10.4. The van der Waals surface area contributed by atoms with Crippen LogP contribution in [0.15, 0.2) is 17.2 Å². The highest BCUT2D eigenvalue weighted by atomic mass is 32.2. The molecule has 0 aromatic carbocycles. The molecule has 0 saturated heterocycles. The van der Waals surface area contributed by atoms with Gasteiger partial charge in [0.1, 0.15) is 10.6 Å². The van der Waals surface area contributed by atoms with Crippen LogP contribution in [0.4, 0.5) is 0 Å². The summed E-state index contributed by atoms with van der Waals surface area (Å²) >= 11 is 0. The quantitative estimate of drug-likeness (QED) is 0.790. The average Bonchev–Trinajstić information content (AvgIpc) is 3.06. The lowest BCUT2D eigenvalue weighted by Crippen LogP contribution is -2.25. The summed E-state index contributed by atoms with van der Waals surface area (Å²) in [4.78, 5) is 11.1. The van der Waals surface area contributed by atoms with E-state index in [-0.39, 0.29) is 10.6 Å². The van der Waals surface area contributed by atoms with Gasteiger partial charge in [-0.3, -0.25) is 0 Å². The van der Waals surface area contributed by atoms with E-state index in [2.05, 4.69) is 4.72 Å². The zero-order valence-corrected chi connectivity index (χ0v) is 11.6. The lowest BCUT2D eigenvalue weighted by molar-refractivity contribution is 0.0685. The molecule has 1 aromatic rings. The molecule has 7 heteroatoms. The molecule has 0 amide bonds. The summed E-state index contributed by atoms with van der Waals surface area (Å²) in [6.07, 6.45) is 4.24. The maximum Gasteiger partial charge on any atom is 0.352 e. The maximum absolute atomic E-state index is 12.0. The van der Waals surface area contributed by atoms with Crippen LogP contribution in [0, 0.1) is 5.92 Å². The van der Waals surface area contributed by atoms with Crippen LogP contribution in [0.3, 0.4) is 0 Å². The Balaban J connectivity index is 2.22. The molecule has 6 nitrogen and oxygen atoms in total. The predicted octanol–water partition coefficient (Wildman–Crippen LogP) is 1.28. The molecule has 1 aromatic heterocycles. The Kier molecular flexibility index (Phi) is 3.96. The van der Waals surface area contributed by atoms with Crippen molar-refractivity contribution in [1.29, 1.82) is 0 Å². The Morgan fingerprint density at radius 1 is 1.53 bits per heavy atom. The molecule has 106 valence electrons. The van der Waals surface area contributed by atoms with Gasteiger partial charge in [0.25, 0.3) is 0 Å². The van der Waals surface area contributed by atoms with Gasteiger partial charge in [-0.25, -0.2) is 17.9 Å². The number of nitrogens with one attached hydrogen (secondary N) is 1. The molecule has 1 aliphatic carbocycles. The number of carboxylic acids is 1. The number of sulfonamides is 1. The van der Waals surface area contributed by atoms with Crippen LogP contribution >= 0.6 is 0 Å². The molecule has 0 spiro atoms. The largest absolute Gasteiger partial charge is 0.477 e. The second-order valence-electron chi connectivity index (χ2n) is 4.85. The van der Waals surface area contributed by atoms with Crippen LogP contribution in [0.25, 0.3) is 0 Å². The van der Waals surface area contributed by atoms with E-state index in [1.807, 2.05) is 6.92 Å². The molecule has 1 aliphatic rings. The first-order valence-corrected chi connectivity index (χ1v) is 7.85. The van der Waals surface area contributed by atoms with Gasteiger partial charge in [-0.2, -0.15) is 0 Å². The van der Waals surface area contributed by atoms with Gasteiger partial charge >= 0.3 is 5.97 Å². The van der Waals surface area contributed by atoms with E-state index in [0.29, 0.717) is 19.0 Å². The van der Waals surface area contributed by atoms with E-state index in [9.17, 15) is 13.2 Å². The van der Waals surface area contributed by atoms with Crippen LogP contribution in [0.2, 0.25) is 0 Å². The Morgan fingerprint density at radius 2 is 2.21 bits per heavy atom. The standard InChI is InChI=1S/C12H18N2O4S/c1-2-5-14-8-10(6-11(14)12(15)16)19(17,18)13-7-9-3-4-9/h6,8-9,13H,2-5,7H2,1H3,(H,15,16). The zero-order valence-electron chi connectivity index (χ0n) is 10.8. The van der Waals surface area contributed by atoms with Gasteiger partial charge in [-0.05, 0) is 31.2 Å². The zero-order chi connectivity index (χ0) is 14.0. The van der Waals surface area contributed by atoms with Crippen molar-refractivity contribution < 1.29 is 18.3 Å². The summed E-state index contributed by atoms with van der Waals surface area (Å²) in [6, 6.07) is 1.22. The third-order valence-electron chi connectivity index (χ3n) is 3.12. The first-order chi connectivity index (χ1) is 8.94. The van der Waals surface area contributed by atoms with Crippen LogP contribution in [0.5, 0.6) is 0 Å². The Bertz CT molecular complexity index is 573. The third kappa shape index (κ3) is 3.36. The normalized spacial score (nSPS) is 15.6. The van der Waals surface area contributed by atoms with Gasteiger partial charge in [0.05, 0.1) is 0 Å². The maximum atomic E-state index is 12.0. The Morgan fingerprint density at radius 3 is 2.74 bits per heavy atom. The van der Waals surface area contributed by atoms with Gasteiger partial charge in [-0.15, -0.1) is 0 Å². The number of aromatic carboxylic acids is 1. The highest BCUT2D eigenvalue weighted by Gasteiger charge is 2.26. The van der Waals surface area contributed by atoms with Crippen molar-refractivity contribution in [1.82, 2.24) is 9.29 Å². The molecule has 2 rings (SSSR count). The van der Waals surface area contributed by atoms with Crippen molar-refractivity contribution in [2.75, 3.05) is 6.54 Å². The first-order valence-electron chi connectivity index (χ1n) is 6.37. The first kappa shape index (κ1) is 14.1. The lowest BCUT2D eigenvalue weighted by Gasteiger charge is -2.03. The molecular formula is C12H18N2O4S. The van der Waals surface area contributed by atoms with Crippen molar-refractivity contribution >= 4 is 16.0 Å². The third-order valence-corrected chi connectivity index (χ3v) is 4.51. The number of carboxylic acid groups (broad SMARTS) is 1. The molecule has 1 saturated carbocycles. The number of aromatic nitrogens is 1. The van der Waals surface area contributed by atoms with E-state index in [1.165, 1.54) is 16.8 Å². The van der Waals surface area contributed by atoms with E-state index in [4.69, 9.17) is 5.11 Å². The van der Waals surface area contributed by atoms with Crippen molar-refractivity contribution in [3.05, 3.63) is 18.0 Å². The molecule has 0 atom stereocenters. The number of hydrogen-bond donors (Lipinski definition) is 2. The fourth-order valence-corrected chi connectivity index (χ4v) is 3.02. The van der Waals surface area contributed by atoms with Gasteiger partial charge < -0.3 is 9.67 Å². The number of nitrogens with zero attached hydrogens (tertiary/aromatic N) is 1. The van der Waals surface area contributed by atoms with Gasteiger partial charge in [0.15, 0.2) is 0 Å². The van der Waals surface area contributed by atoms with Crippen molar-refractivity contribution in [2.24, 2.45) is 5.92 Å². The highest BCUT2D eigenvalue weighted by molar-refractivity contribution is 7.89. The van der Waals surface area contributed by atoms with Gasteiger partial charge in [0.2, 0.25) is 10.0 Å². The predicted molar refractivity (Wildman–Crippen MR) is 69.6 cm³/mol. The van der Waals surface area contributed by atoms with Gasteiger partial charge in [-0.1, -0.05) is 6.92 Å². The molecule has 0 aliphatic heterocycles. The molecule has 0 radical (unpaired) electrons. The minimum Gasteiger partial charge on any atom is -0.477 e. The van der Waals surface area contributed by atoms with Crippen LogP contribution in [-0.4, -0.2) is 30.6 Å². The SMILES string of the molecule is CCCn1cc(S(=O)(=O)NCC2CC2)cc1C(=O)O. The number of carbonyl (C=O) groups is 1. The summed E-state index contributed by atoms with van der Waals surface area (Å²) < 4.78 is 28.1.